The van der Waals surface area contributed by atoms with Crippen LogP contribution in [0.3, 0.4) is 0 Å². The molecule has 0 saturated heterocycles. The number of hydrogen-bond donors (Lipinski definition) is 0. The molecular weight excluding hydrogens is 288 g/mol. The molecule has 0 heteroatoms. The van der Waals surface area contributed by atoms with E-state index in [9.17, 15) is 0 Å². The molecule has 1 saturated carbocycles. The Morgan fingerprint density at radius 3 is 1.67 bits per heavy atom. The summed E-state index contributed by atoms with van der Waals surface area (Å²) in [5.41, 5.74) is 0. The summed E-state index contributed by atoms with van der Waals surface area (Å²) in [4.78, 5) is 0. The summed E-state index contributed by atoms with van der Waals surface area (Å²) in [5.74, 6) is 1.09. The lowest BCUT2D eigenvalue weighted by Gasteiger charge is -2.21. The van der Waals surface area contributed by atoms with E-state index in [0.717, 1.165) is 5.92 Å². The molecule has 0 aromatic rings. The maximum Gasteiger partial charge on any atom is -0.0351 e. The van der Waals surface area contributed by atoms with Gasteiger partial charge in [0.2, 0.25) is 0 Å². The molecule has 0 aromatic carbocycles. The maximum atomic E-state index is 2.44. The van der Waals surface area contributed by atoms with E-state index in [0.29, 0.717) is 0 Å². The van der Waals surface area contributed by atoms with Crippen molar-refractivity contribution in [3.05, 3.63) is 12.2 Å². The molecule has 142 valence electrons. The second kappa shape index (κ2) is 17.6. The minimum atomic E-state index is 1.09. The van der Waals surface area contributed by atoms with Crippen LogP contribution in [0.15, 0.2) is 12.2 Å². The largest absolute Gasteiger partial charge is 0.0885 e. The highest BCUT2D eigenvalue weighted by molar-refractivity contribution is 4.81. The molecule has 1 aliphatic rings. The van der Waals surface area contributed by atoms with Gasteiger partial charge in [0.05, 0.1) is 0 Å². The topological polar surface area (TPSA) is 0 Å². The van der Waals surface area contributed by atoms with Crippen molar-refractivity contribution in [2.75, 3.05) is 0 Å². The van der Waals surface area contributed by atoms with Gasteiger partial charge < -0.3 is 0 Å². The number of rotatable bonds is 16. The summed E-state index contributed by atoms with van der Waals surface area (Å²) in [7, 11) is 0. The molecule has 1 rings (SSSR count). The Morgan fingerprint density at radius 2 is 1.08 bits per heavy atom. The molecule has 0 bridgehead atoms. The maximum absolute atomic E-state index is 2.44. The van der Waals surface area contributed by atoms with E-state index >= 15 is 0 Å². The Morgan fingerprint density at radius 1 is 0.583 bits per heavy atom. The van der Waals surface area contributed by atoms with Crippen LogP contribution < -0.4 is 0 Å². The molecule has 1 fully saturated rings. The Bertz CT molecular complexity index is 259. The van der Waals surface area contributed by atoms with E-state index in [1.807, 2.05) is 0 Å². The second-order valence-corrected chi connectivity index (χ2v) is 8.23. The van der Waals surface area contributed by atoms with Gasteiger partial charge in [0.25, 0.3) is 0 Å². The molecule has 0 N–H and O–H groups in total. The van der Waals surface area contributed by atoms with Gasteiger partial charge in [-0.15, -0.1) is 0 Å². The van der Waals surface area contributed by atoms with Crippen molar-refractivity contribution in [1.29, 1.82) is 0 Å². The average molecular weight is 335 g/mol. The first-order chi connectivity index (χ1) is 11.9. The Balaban J connectivity index is 1.71. The fourth-order valence-corrected chi connectivity index (χ4v) is 4.16. The molecule has 0 radical (unpaired) electrons. The van der Waals surface area contributed by atoms with Crippen LogP contribution in [0, 0.1) is 5.92 Å². The third-order valence-corrected chi connectivity index (χ3v) is 5.85. The van der Waals surface area contributed by atoms with Crippen LogP contribution in [-0.2, 0) is 0 Å². The van der Waals surface area contributed by atoms with Crippen LogP contribution in [0.1, 0.15) is 135 Å². The monoisotopic (exact) mass is 334 g/mol. The highest BCUT2D eigenvalue weighted by atomic mass is 14.2. The lowest BCUT2D eigenvalue weighted by atomic mass is 9.85. The minimum absolute atomic E-state index is 1.09. The van der Waals surface area contributed by atoms with E-state index < -0.39 is 0 Å². The zero-order valence-electron chi connectivity index (χ0n) is 16.9. The molecule has 0 atom stereocenters. The third-order valence-electron chi connectivity index (χ3n) is 5.85. The average Bonchev–Trinajstić information content (AvgIpc) is 2.62. The van der Waals surface area contributed by atoms with Crippen molar-refractivity contribution < 1.29 is 0 Å². The van der Waals surface area contributed by atoms with Crippen LogP contribution in [-0.4, -0.2) is 0 Å². The minimum Gasteiger partial charge on any atom is -0.0885 e. The van der Waals surface area contributed by atoms with Crippen LogP contribution >= 0.6 is 0 Å². The Hall–Kier alpha value is -0.260. The highest BCUT2D eigenvalue weighted by Gasteiger charge is 2.12. The SMILES string of the molecule is CCCCCCCCC=CCCCCCCCCC1CCCCC1. The first kappa shape index (κ1) is 21.8. The van der Waals surface area contributed by atoms with Crippen molar-refractivity contribution in [3.8, 4) is 0 Å². The third kappa shape index (κ3) is 14.1. The summed E-state index contributed by atoms with van der Waals surface area (Å²) in [6, 6.07) is 0. The fraction of sp³-hybridized carbons (Fsp3) is 0.917. The van der Waals surface area contributed by atoms with Gasteiger partial charge in [-0.3, -0.25) is 0 Å². The molecule has 0 aliphatic heterocycles. The first-order valence-electron chi connectivity index (χ1n) is 11.6. The summed E-state index contributed by atoms with van der Waals surface area (Å²) in [5, 5.41) is 0. The lowest BCUT2D eigenvalue weighted by molar-refractivity contribution is 0.328. The van der Waals surface area contributed by atoms with Gasteiger partial charge in [-0.2, -0.15) is 0 Å². The van der Waals surface area contributed by atoms with Gasteiger partial charge in [-0.05, 0) is 31.6 Å². The van der Waals surface area contributed by atoms with E-state index in [2.05, 4.69) is 19.1 Å². The summed E-state index contributed by atoms with van der Waals surface area (Å²) in [6.07, 6.45) is 33.9. The predicted octanol–water partition coefficient (Wildman–Crippen LogP) is 8.99. The normalized spacial score (nSPS) is 16.2. The van der Waals surface area contributed by atoms with Gasteiger partial charge in [-0.1, -0.05) is 122 Å². The van der Waals surface area contributed by atoms with Crippen LogP contribution in [0.5, 0.6) is 0 Å². The molecule has 0 unspecified atom stereocenters. The van der Waals surface area contributed by atoms with Crippen LogP contribution in [0.4, 0.5) is 0 Å². The number of unbranched alkanes of at least 4 members (excludes halogenated alkanes) is 12. The second-order valence-electron chi connectivity index (χ2n) is 8.23. The van der Waals surface area contributed by atoms with Crippen molar-refractivity contribution in [3.63, 3.8) is 0 Å². The standard InChI is InChI=1S/C24H46/c1-2-3-4-5-6-7-8-9-10-11-12-13-14-15-16-18-21-24-22-19-17-20-23-24/h9-10,24H,2-8,11-23H2,1H3. The number of hydrogen-bond acceptors (Lipinski definition) is 0. The Labute approximate surface area is 153 Å². The molecular formula is C24H46. The van der Waals surface area contributed by atoms with Gasteiger partial charge in [0.1, 0.15) is 0 Å². The molecule has 24 heavy (non-hydrogen) atoms. The van der Waals surface area contributed by atoms with E-state index in [1.54, 1.807) is 0 Å². The quantitative estimate of drug-likeness (QED) is 0.195. The zero-order valence-corrected chi connectivity index (χ0v) is 16.9. The molecule has 0 spiro atoms. The van der Waals surface area contributed by atoms with Crippen molar-refractivity contribution in [1.82, 2.24) is 0 Å². The molecule has 0 heterocycles. The van der Waals surface area contributed by atoms with E-state index in [4.69, 9.17) is 0 Å². The molecule has 0 amide bonds. The molecule has 0 nitrogen and oxygen atoms in total. The predicted molar refractivity (Wildman–Crippen MR) is 111 cm³/mol. The summed E-state index contributed by atoms with van der Waals surface area (Å²) >= 11 is 0. The van der Waals surface area contributed by atoms with Gasteiger partial charge in [0, 0.05) is 0 Å². The van der Waals surface area contributed by atoms with Gasteiger partial charge in [-0.25, -0.2) is 0 Å². The van der Waals surface area contributed by atoms with Crippen molar-refractivity contribution in [2.45, 2.75) is 135 Å². The van der Waals surface area contributed by atoms with Crippen LogP contribution in [0.2, 0.25) is 0 Å². The van der Waals surface area contributed by atoms with Gasteiger partial charge >= 0.3 is 0 Å². The van der Waals surface area contributed by atoms with E-state index in [-0.39, 0.29) is 0 Å². The van der Waals surface area contributed by atoms with E-state index in [1.165, 1.54) is 128 Å². The zero-order chi connectivity index (χ0) is 17.1. The fourth-order valence-electron chi connectivity index (χ4n) is 4.16. The summed E-state index contributed by atoms with van der Waals surface area (Å²) < 4.78 is 0. The first-order valence-corrected chi connectivity index (χ1v) is 11.6. The van der Waals surface area contributed by atoms with Crippen molar-refractivity contribution in [2.24, 2.45) is 5.92 Å². The number of allylic oxidation sites excluding steroid dienone is 2. The van der Waals surface area contributed by atoms with Crippen LogP contribution in [0.25, 0.3) is 0 Å². The van der Waals surface area contributed by atoms with Crippen molar-refractivity contribution >= 4 is 0 Å². The highest BCUT2D eigenvalue weighted by Crippen LogP contribution is 2.28. The molecule has 1 aliphatic carbocycles. The summed E-state index contributed by atoms with van der Waals surface area (Å²) in [6.45, 7) is 2.29. The Kier molecular flexibility index (Phi) is 15.9. The lowest BCUT2D eigenvalue weighted by Crippen LogP contribution is -2.05. The smallest absolute Gasteiger partial charge is 0.0351 e. The molecule has 0 aromatic heterocycles. The van der Waals surface area contributed by atoms with Gasteiger partial charge in [0.15, 0.2) is 0 Å².